The Morgan fingerprint density at radius 2 is 1.91 bits per heavy atom. The lowest BCUT2D eigenvalue weighted by Crippen LogP contribution is -2.22. The summed E-state index contributed by atoms with van der Waals surface area (Å²) in [4.78, 5) is 0.171. The zero-order valence-corrected chi connectivity index (χ0v) is 13.1. The Morgan fingerprint density at radius 1 is 1.18 bits per heavy atom. The van der Waals surface area contributed by atoms with E-state index in [1.54, 1.807) is 12.1 Å². The quantitative estimate of drug-likeness (QED) is 0.886. The van der Waals surface area contributed by atoms with Gasteiger partial charge in [-0.05, 0) is 35.9 Å². The molecule has 0 amide bonds. The monoisotopic (exact) mass is 324 g/mol. The van der Waals surface area contributed by atoms with Gasteiger partial charge in [-0.2, -0.15) is 0 Å². The van der Waals surface area contributed by atoms with Gasteiger partial charge in [0.25, 0.3) is 0 Å². The largest absolute Gasteiger partial charge is 0.508 e. The van der Waals surface area contributed by atoms with E-state index in [9.17, 15) is 17.9 Å². The Kier molecular flexibility index (Phi) is 4.68. The summed E-state index contributed by atoms with van der Waals surface area (Å²) in [7, 11) is -0.576. The van der Waals surface area contributed by atoms with Gasteiger partial charge in [-0.1, -0.05) is 6.07 Å². The number of rotatable bonds is 5. The van der Waals surface area contributed by atoms with Gasteiger partial charge in [-0.3, -0.25) is 0 Å². The third-order valence-corrected chi connectivity index (χ3v) is 4.86. The molecule has 0 heterocycles. The van der Waals surface area contributed by atoms with Gasteiger partial charge in [0.05, 0.1) is 4.90 Å². The van der Waals surface area contributed by atoms with Gasteiger partial charge < -0.3 is 10.4 Å². The van der Waals surface area contributed by atoms with Crippen LogP contribution in [-0.2, 0) is 16.6 Å². The van der Waals surface area contributed by atoms with Crippen LogP contribution in [0.1, 0.15) is 5.56 Å². The maximum Gasteiger partial charge on any atom is 0.242 e. The molecule has 0 aliphatic rings. The standard InChI is InChI=1S/C15H17FN2O3S/c1-18(2)22(20,21)15-5-3-4-13(9-15)17-10-11-6-12(16)8-14(19)7-11/h3-9,17,19H,10H2,1-2H3. The number of benzene rings is 2. The molecule has 2 aromatic rings. The lowest BCUT2D eigenvalue weighted by Gasteiger charge is -2.13. The molecule has 0 atom stereocenters. The molecule has 0 unspecified atom stereocenters. The molecule has 0 bridgehead atoms. The van der Waals surface area contributed by atoms with Gasteiger partial charge in [0.2, 0.25) is 10.0 Å². The molecule has 2 rings (SSSR count). The number of halogens is 1. The fourth-order valence-electron chi connectivity index (χ4n) is 1.92. The third kappa shape index (κ3) is 3.75. The smallest absolute Gasteiger partial charge is 0.242 e. The molecule has 0 saturated carbocycles. The fourth-order valence-corrected chi connectivity index (χ4v) is 2.86. The summed E-state index contributed by atoms with van der Waals surface area (Å²) in [6.45, 7) is 0.261. The highest BCUT2D eigenvalue weighted by Crippen LogP contribution is 2.20. The molecule has 7 heteroatoms. The molecule has 118 valence electrons. The van der Waals surface area contributed by atoms with Gasteiger partial charge in [-0.25, -0.2) is 17.1 Å². The minimum atomic E-state index is -3.50. The summed E-state index contributed by atoms with van der Waals surface area (Å²) in [6, 6.07) is 10.1. The summed E-state index contributed by atoms with van der Waals surface area (Å²) in [5.74, 6) is -0.679. The lowest BCUT2D eigenvalue weighted by atomic mass is 10.2. The number of aromatic hydroxyl groups is 1. The van der Waals surface area contributed by atoms with Crippen LogP contribution in [0.4, 0.5) is 10.1 Å². The van der Waals surface area contributed by atoms with Crippen molar-refractivity contribution in [1.29, 1.82) is 0 Å². The van der Waals surface area contributed by atoms with Crippen molar-refractivity contribution in [2.24, 2.45) is 0 Å². The predicted octanol–water partition coefficient (Wildman–Crippen LogP) is 2.39. The number of hydrogen-bond donors (Lipinski definition) is 2. The van der Waals surface area contributed by atoms with Crippen LogP contribution in [0, 0.1) is 5.82 Å². The molecule has 0 radical (unpaired) electrons. The molecule has 2 aromatic carbocycles. The van der Waals surface area contributed by atoms with Crippen LogP contribution < -0.4 is 5.32 Å². The topological polar surface area (TPSA) is 69.6 Å². The second-order valence-electron chi connectivity index (χ2n) is 4.99. The molecule has 0 spiro atoms. The first-order chi connectivity index (χ1) is 10.3. The van der Waals surface area contributed by atoms with E-state index in [0.29, 0.717) is 11.3 Å². The average Bonchev–Trinajstić information content (AvgIpc) is 2.44. The van der Waals surface area contributed by atoms with Gasteiger partial charge in [0, 0.05) is 32.4 Å². The molecule has 0 aromatic heterocycles. The minimum absolute atomic E-state index is 0.152. The van der Waals surface area contributed by atoms with Crippen molar-refractivity contribution in [2.75, 3.05) is 19.4 Å². The minimum Gasteiger partial charge on any atom is -0.508 e. The number of phenolic OH excluding ortho intramolecular Hbond substituents is 1. The van der Waals surface area contributed by atoms with E-state index in [-0.39, 0.29) is 17.2 Å². The zero-order valence-electron chi connectivity index (χ0n) is 12.2. The Bertz CT molecular complexity index is 756. The first-order valence-electron chi connectivity index (χ1n) is 6.54. The van der Waals surface area contributed by atoms with Crippen molar-refractivity contribution in [3.63, 3.8) is 0 Å². The highest BCUT2D eigenvalue weighted by molar-refractivity contribution is 7.89. The van der Waals surface area contributed by atoms with Gasteiger partial charge >= 0.3 is 0 Å². The fraction of sp³-hybridized carbons (Fsp3) is 0.200. The Balaban J connectivity index is 2.18. The predicted molar refractivity (Wildman–Crippen MR) is 82.7 cm³/mol. The van der Waals surface area contributed by atoms with Gasteiger partial charge in [-0.15, -0.1) is 0 Å². The first kappa shape index (κ1) is 16.3. The number of nitrogens with zero attached hydrogens (tertiary/aromatic N) is 1. The highest BCUT2D eigenvalue weighted by Gasteiger charge is 2.17. The Hall–Kier alpha value is -2.12. The second kappa shape index (κ2) is 6.33. The lowest BCUT2D eigenvalue weighted by molar-refractivity contribution is 0.468. The molecule has 0 aliphatic heterocycles. The Morgan fingerprint density at radius 3 is 2.55 bits per heavy atom. The molecule has 22 heavy (non-hydrogen) atoms. The normalized spacial score (nSPS) is 11.6. The van der Waals surface area contributed by atoms with Crippen LogP contribution in [0.3, 0.4) is 0 Å². The molecular weight excluding hydrogens is 307 g/mol. The molecule has 0 fully saturated rings. The van der Waals surface area contributed by atoms with Crippen LogP contribution in [0.15, 0.2) is 47.4 Å². The SMILES string of the molecule is CN(C)S(=O)(=O)c1cccc(NCc2cc(O)cc(F)c2)c1. The molecule has 5 nitrogen and oxygen atoms in total. The van der Waals surface area contributed by atoms with Crippen LogP contribution in [-0.4, -0.2) is 31.9 Å². The van der Waals surface area contributed by atoms with Crippen molar-refractivity contribution in [3.05, 3.63) is 53.8 Å². The van der Waals surface area contributed by atoms with E-state index < -0.39 is 15.8 Å². The number of anilines is 1. The number of hydrogen-bond acceptors (Lipinski definition) is 4. The van der Waals surface area contributed by atoms with E-state index in [0.717, 1.165) is 10.4 Å². The van der Waals surface area contributed by atoms with E-state index in [2.05, 4.69) is 5.32 Å². The van der Waals surface area contributed by atoms with Gasteiger partial charge in [0.15, 0.2) is 0 Å². The number of sulfonamides is 1. The van der Waals surface area contributed by atoms with Crippen molar-refractivity contribution in [2.45, 2.75) is 11.4 Å². The van der Waals surface area contributed by atoms with Crippen LogP contribution in [0.25, 0.3) is 0 Å². The van der Waals surface area contributed by atoms with Crippen LogP contribution >= 0.6 is 0 Å². The summed E-state index contributed by atoms with van der Waals surface area (Å²) >= 11 is 0. The van der Waals surface area contributed by atoms with E-state index in [1.807, 2.05) is 0 Å². The van der Waals surface area contributed by atoms with Crippen LogP contribution in [0.2, 0.25) is 0 Å². The maximum absolute atomic E-state index is 13.2. The van der Waals surface area contributed by atoms with Crippen molar-refractivity contribution < 1.29 is 17.9 Å². The molecular formula is C15H17FN2O3S. The number of phenols is 1. The summed E-state index contributed by atoms with van der Waals surface area (Å²) < 4.78 is 38.5. The van der Waals surface area contributed by atoms with Crippen molar-refractivity contribution in [3.8, 4) is 5.75 Å². The van der Waals surface area contributed by atoms with Crippen molar-refractivity contribution in [1.82, 2.24) is 4.31 Å². The molecule has 0 saturated heterocycles. The highest BCUT2D eigenvalue weighted by atomic mass is 32.2. The zero-order chi connectivity index (χ0) is 16.3. The van der Waals surface area contributed by atoms with E-state index in [4.69, 9.17) is 0 Å². The van der Waals surface area contributed by atoms with Gasteiger partial charge in [0.1, 0.15) is 11.6 Å². The molecule has 2 N–H and O–H groups in total. The molecule has 0 aliphatic carbocycles. The number of nitrogens with one attached hydrogen (secondary N) is 1. The average molecular weight is 324 g/mol. The Labute approximate surface area is 129 Å². The van der Waals surface area contributed by atoms with E-state index in [1.165, 1.54) is 38.4 Å². The third-order valence-electron chi connectivity index (χ3n) is 3.05. The summed E-state index contributed by atoms with van der Waals surface area (Å²) in [6.07, 6.45) is 0. The maximum atomic E-state index is 13.2. The van der Waals surface area contributed by atoms with Crippen molar-refractivity contribution >= 4 is 15.7 Å². The van der Waals surface area contributed by atoms with E-state index >= 15 is 0 Å². The first-order valence-corrected chi connectivity index (χ1v) is 7.98. The van der Waals surface area contributed by atoms with Crippen LogP contribution in [0.5, 0.6) is 5.75 Å². The summed E-state index contributed by atoms with van der Waals surface area (Å²) in [5, 5.41) is 12.4. The summed E-state index contributed by atoms with van der Waals surface area (Å²) in [5.41, 5.74) is 1.14. The second-order valence-corrected chi connectivity index (χ2v) is 7.14.